The summed E-state index contributed by atoms with van der Waals surface area (Å²) in [6.45, 7) is 6.45. The van der Waals surface area contributed by atoms with Gasteiger partial charge in [-0.1, -0.05) is 26.2 Å². The first-order chi connectivity index (χ1) is 7.19. The second-order valence-electron chi connectivity index (χ2n) is 4.68. The lowest BCUT2D eigenvalue weighted by Gasteiger charge is -2.20. The maximum Gasteiger partial charge on any atom is 0.313 e. The summed E-state index contributed by atoms with van der Waals surface area (Å²) in [5.74, 6) is -0.0241. The van der Waals surface area contributed by atoms with E-state index in [9.17, 15) is 4.79 Å². The van der Waals surface area contributed by atoms with E-state index in [2.05, 4.69) is 12.2 Å². The molecule has 1 atom stereocenters. The largest absolute Gasteiger partial charge is 0.465 e. The average Bonchev–Trinajstić information content (AvgIpc) is 2.66. The van der Waals surface area contributed by atoms with Gasteiger partial charge in [0.1, 0.15) is 0 Å². The summed E-state index contributed by atoms with van der Waals surface area (Å²) in [6.07, 6.45) is 5.52. The molecule has 0 amide bonds. The summed E-state index contributed by atoms with van der Waals surface area (Å²) in [5.41, 5.74) is -0.273. The topological polar surface area (TPSA) is 38.3 Å². The van der Waals surface area contributed by atoms with E-state index in [4.69, 9.17) is 4.74 Å². The summed E-state index contributed by atoms with van der Waals surface area (Å²) < 4.78 is 5.30. The predicted octanol–water partition coefficient (Wildman–Crippen LogP) is 2.11. The molecule has 1 N–H and O–H groups in total. The molecule has 3 heteroatoms. The Balaban J connectivity index is 2.12. The molecule has 0 saturated carbocycles. The highest BCUT2D eigenvalue weighted by atomic mass is 16.5. The maximum atomic E-state index is 11.7. The van der Waals surface area contributed by atoms with Crippen molar-refractivity contribution in [1.82, 2.24) is 5.32 Å². The number of esters is 1. The molecule has 1 heterocycles. The minimum absolute atomic E-state index is 0.0241. The van der Waals surface area contributed by atoms with E-state index < -0.39 is 0 Å². The van der Waals surface area contributed by atoms with Crippen molar-refractivity contribution in [2.45, 2.75) is 46.0 Å². The lowest BCUT2D eigenvalue weighted by molar-refractivity contribution is -0.153. The Bertz CT molecular complexity index is 198. The molecule has 1 saturated heterocycles. The summed E-state index contributed by atoms with van der Waals surface area (Å²) in [6, 6.07) is 0. The average molecular weight is 213 g/mol. The molecule has 0 aromatic rings. The van der Waals surface area contributed by atoms with Crippen LogP contribution < -0.4 is 5.32 Å². The van der Waals surface area contributed by atoms with Gasteiger partial charge in [0.2, 0.25) is 0 Å². The molecule has 0 bridgehead atoms. The number of carbonyl (C=O) groups excluding carboxylic acids is 1. The third kappa shape index (κ3) is 3.82. The van der Waals surface area contributed by atoms with Crippen molar-refractivity contribution in [3.63, 3.8) is 0 Å². The Morgan fingerprint density at radius 3 is 2.80 bits per heavy atom. The Morgan fingerprint density at radius 1 is 1.40 bits per heavy atom. The molecule has 0 radical (unpaired) electrons. The number of hydrogen-bond donors (Lipinski definition) is 1. The second-order valence-corrected chi connectivity index (χ2v) is 4.68. The maximum absolute atomic E-state index is 11.7. The Labute approximate surface area is 92.6 Å². The standard InChI is InChI=1S/C12H23NO2/c1-3-4-5-6-9-15-11(14)12(2)7-8-13-10-12/h13H,3-10H2,1-2H3. The predicted molar refractivity (Wildman–Crippen MR) is 60.7 cm³/mol. The van der Waals surface area contributed by atoms with Crippen molar-refractivity contribution >= 4 is 5.97 Å². The Morgan fingerprint density at radius 2 is 2.20 bits per heavy atom. The molecular formula is C12H23NO2. The summed E-state index contributed by atoms with van der Waals surface area (Å²) in [7, 11) is 0. The highest BCUT2D eigenvalue weighted by Crippen LogP contribution is 2.26. The van der Waals surface area contributed by atoms with E-state index in [1.165, 1.54) is 19.3 Å². The molecular weight excluding hydrogens is 190 g/mol. The van der Waals surface area contributed by atoms with Crippen molar-refractivity contribution < 1.29 is 9.53 Å². The van der Waals surface area contributed by atoms with Gasteiger partial charge in [-0.2, -0.15) is 0 Å². The van der Waals surface area contributed by atoms with Gasteiger partial charge in [-0.05, 0) is 26.3 Å². The fourth-order valence-electron chi connectivity index (χ4n) is 1.86. The van der Waals surface area contributed by atoms with Crippen molar-refractivity contribution in [2.24, 2.45) is 5.41 Å². The minimum Gasteiger partial charge on any atom is -0.465 e. The Hall–Kier alpha value is -0.570. The molecule has 0 aromatic heterocycles. The monoisotopic (exact) mass is 213 g/mol. The van der Waals surface area contributed by atoms with Gasteiger partial charge in [-0.3, -0.25) is 4.79 Å². The van der Waals surface area contributed by atoms with Crippen LogP contribution in [0, 0.1) is 5.41 Å². The zero-order chi connectivity index (χ0) is 11.1. The van der Waals surface area contributed by atoms with Gasteiger partial charge in [-0.25, -0.2) is 0 Å². The molecule has 0 aliphatic carbocycles. The minimum atomic E-state index is -0.273. The first kappa shape index (κ1) is 12.5. The number of hydrogen-bond acceptors (Lipinski definition) is 3. The summed E-state index contributed by atoms with van der Waals surface area (Å²) in [4.78, 5) is 11.7. The zero-order valence-electron chi connectivity index (χ0n) is 9.97. The van der Waals surface area contributed by atoms with Gasteiger partial charge >= 0.3 is 5.97 Å². The van der Waals surface area contributed by atoms with E-state index in [1.807, 2.05) is 6.92 Å². The van der Waals surface area contributed by atoms with Crippen LogP contribution in [-0.4, -0.2) is 25.7 Å². The SMILES string of the molecule is CCCCCCOC(=O)C1(C)CCNC1. The number of ether oxygens (including phenoxy) is 1. The van der Waals surface area contributed by atoms with Gasteiger partial charge < -0.3 is 10.1 Å². The van der Waals surface area contributed by atoms with Crippen molar-refractivity contribution in [1.29, 1.82) is 0 Å². The lowest BCUT2D eigenvalue weighted by atomic mass is 9.90. The van der Waals surface area contributed by atoms with Gasteiger partial charge in [-0.15, -0.1) is 0 Å². The first-order valence-corrected chi connectivity index (χ1v) is 6.07. The Kier molecular flexibility index (Phi) is 5.09. The lowest BCUT2D eigenvalue weighted by Crippen LogP contribution is -2.32. The van der Waals surface area contributed by atoms with Crippen LogP contribution >= 0.6 is 0 Å². The third-order valence-corrected chi connectivity index (χ3v) is 3.09. The number of unbranched alkanes of at least 4 members (excludes halogenated alkanes) is 3. The zero-order valence-corrected chi connectivity index (χ0v) is 9.97. The fourth-order valence-corrected chi connectivity index (χ4v) is 1.86. The summed E-state index contributed by atoms with van der Waals surface area (Å²) >= 11 is 0. The first-order valence-electron chi connectivity index (χ1n) is 6.07. The van der Waals surface area contributed by atoms with Gasteiger partial charge in [0, 0.05) is 6.54 Å². The van der Waals surface area contributed by atoms with Crippen LogP contribution in [-0.2, 0) is 9.53 Å². The van der Waals surface area contributed by atoms with Crippen molar-refractivity contribution in [2.75, 3.05) is 19.7 Å². The fraction of sp³-hybridized carbons (Fsp3) is 0.917. The van der Waals surface area contributed by atoms with Crippen LogP contribution in [0.4, 0.5) is 0 Å². The molecule has 0 spiro atoms. The quantitative estimate of drug-likeness (QED) is 0.542. The number of rotatable bonds is 6. The molecule has 1 aliphatic rings. The molecule has 1 rings (SSSR count). The van der Waals surface area contributed by atoms with E-state index in [-0.39, 0.29) is 11.4 Å². The highest BCUT2D eigenvalue weighted by molar-refractivity contribution is 5.77. The molecule has 1 unspecified atom stereocenters. The van der Waals surface area contributed by atoms with Gasteiger partial charge in [0.15, 0.2) is 0 Å². The molecule has 15 heavy (non-hydrogen) atoms. The normalized spacial score (nSPS) is 25.5. The van der Waals surface area contributed by atoms with Crippen LogP contribution in [0.2, 0.25) is 0 Å². The molecule has 3 nitrogen and oxygen atoms in total. The van der Waals surface area contributed by atoms with E-state index in [0.717, 1.165) is 25.9 Å². The van der Waals surface area contributed by atoms with Gasteiger partial charge in [0.05, 0.1) is 12.0 Å². The third-order valence-electron chi connectivity index (χ3n) is 3.09. The molecule has 0 aromatic carbocycles. The van der Waals surface area contributed by atoms with Crippen molar-refractivity contribution in [3.05, 3.63) is 0 Å². The van der Waals surface area contributed by atoms with Crippen LogP contribution in [0.1, 0.15) is 46.0 Å². The number of carbonyl (C=O) groups is 1. The van der Waals surface area contributed by atoms with E-state index >= 15 is 0 Å². The van der Waals surface area contributed by atoms with Crippen molar-refractivity contribution in [3.8, 4) is 0 Å². The van der Waals surface area contributed by atoms with E-state index in [1.54, 1.807) is 0 Å². The van der Waals surface area contributed by atoms with Crippen LogP contribution in [0.25, 0.3) is 0 Å². The molecule has 1 fully saturated rings. The van der Waals surface area contributed by atoms with Crippen LogP contribution in [0.15, 0.2) is 0 Å². The second kappa shape index (κ2) is 6.11. The van der Waals surface area contributed by atoms with E-state index in [0.29, 0.717) is 6.61 Å². The van der Waals surface area contributed by atoms with Crippen LogP contribution in [0.3, 0.4) is 0 Å². The molecule has 1 aliphatic heterocycles. The smallest absolute Gasteiger partial charge is 0.313 e. The summed E-state index contributed by atoms with van der Waals surface area (Å²) in [5, 5.41) is 3.20. The van der Waals surface area contributed by atoms with Gasteiger partial charge in [0.25, 0.3) is 0 Å². The number of nitrogens with one attached hydrogen (secondary N) is 1. The molecule has 88 valence electrons. The highest BCUT2D eigenvalue weighted by Gasteiger charge is 2.37. The van der Waals surface area contributed by atoms with Crippen LogP contribution in [0.5, 0.6) is 0 Å².